The van der Waals surface area contributed by atoms with Crippen molar-refractivity contribution in [2.75, 3.05) is 0 Å². The number of benzene rings is 2. The monoisotopic (exact) mass is 709 g/mol. The Labute approximate surface area is 299 Å². The van der Waals surface area contributed by atoms with Crippen LogP contribution in [0.2, 0.25) is 0 Å². The third-order valence-electron chi connectivity index (χ3n) is 7.40. The van der Waals surface area contributed by atoms with Gasteiger partial charge in [-0.05, 0) is 103 Å². The van der Waals surface area contributed by atoms with Gasteiger partial charge in [0.15, 0.2) is 0 Å². The second kappa shape index (κ2) is 19.7. The molecule has 2 N–H and O–H groups in total. The van der Waals surface area contributed by atoms with Gasteiger partial charge in [-0.3, -0.25) is 9.98 Å². The minimum absolute atomic E-state index is 0. The number of carboxylic acids is 2. The number of hydrogen-bond donors (Lipinski definition) is 2. The Morgan fingerprint density at radius 2 is 1.02 bits per heavy atom. The van der Waals surface area contributed by atoms with Gasteiger partial charge in [-0.2, -0.15) is 0 Å². The summed E-state index contributed by atoms with van der Waals surface area (Å²) in [5.74, 6) is -0.968. The summed E-state index contributed by atoms with van der Waals surface area (Å²) in [5, 5.41) is 39.7. The van der Waals surface area contributed by atoms with Crippen LogP contribution < -0.4 is 10.2 Å². The van der Waals surface area contributed by atoms with Crippen LogP contribution in [0.5, 0.6) is 11.5 Å². The number of aliphatic carboxylic acids is 2. The Balaban J connectivity index is 0.00000221. The molecule has 0 aliphatic heterocycles. The van der Waals surface area contributed by atoms with E-state index in [1.807, 2.05) is 12.4 Å². The van der Waals surface area contributed by atoms with Crippen LogP contribution in [0.15, 0.2) is 34.3 Å². The fourth-order valence-corrected chi connectivity index (χ4v) is 5.57. The third kappa shape index (κ3) is 17.3. The largest absolute Gasteiger partial charge is 2.00 e. The number of phenols is 2. The predicted octanol–water partition coefficient (Wildman–Crippen LogP) is 6.49. The predicted molar refractivity (Wildman–Crippen MR) is 189 cm³/mol. The van der Waals surface area contributed by atoms with Crippen LogP contribution in [0.3, 0.4) is 0 Å². The molecule has 0 amide bonds. The van der Waals surface area contributed by atoms with E-state index in [4.69, 9.17) is 29.8 Å². The molecule has 2 aromatic rings. The molecule has 2 atom stereocenters. The zero-order chi connectivity index (χ0) is 36.3. The molecule has 3 rings (SSSR count). The van der Waals surface area contributed by atoms with Crippen LogP contribution in [0, 0.1) is 10.8 Å². The van der Waals surface area contributed by atoms with E-state index < -0.39 is 11.9 Å². The van der Waals surface area contributed by atoms with Gasteiger partial charge in [-0.1, -0.05) is 81.4 Å². The molecule has 48 heavy (non-hydrogen) atoms. The van der Waals surface area contributed by atoms with Gasteiger partial charge in [0, 0.05) is 35.5 Å². The maximum atomic E-state index is 11.0. The Hall–Kier alpha value is -3.17. The molecule has 0 aromatic heterocycles. The van der Waals surface area contributed by atoms with Crippen molar-refractivity contribution < 1.29 is 46.8 Å². The minimum atomic E-state index is -1.08. The number of carboxylic acid groups (broad SMARTS) is 2. The number of carbonyl (C=O) groups is 2. The summed E-state index contributed by atoms with van der Waals surface area (Å²) in [6.07, 6.45) is 8.50. The molecule has 1 fully saturated rings. The van der Waals surface area contributed by atoms with E-state index in [1.165, 1.54) is 11.1 Å². The average Bonchev–Trinajstić information content (AvgIpc) is 3.34. The Bertz CT molecular complexity index is 1290. The number of aliphatic imine (C=N–C) groups is 2. The first-order chi connectivity index (χ1) is 21.5. The SMILES string of the molecule is CC(=O)[O-].CC(=O)[O-].CC(C)c1cc(CC(C)(C)C)cc(C=NC2CCC(N=Cc3cc(CC(C)(C)C)cc(C(C)C)c3O)C2)c1O.[Co+2]. The van der Waals surface area contributed by atoms with E-state index in [1.54, 1.807) is 0 Å². The van der Waals surface area contributed by atoms with Gasteiger partial charge in [0.25, 0.3) is 0 Å². The van der Waals surface area contributed by atoms with Crippen molar-refractivity contribution in [3.05, 3.63) is 57.6 Å². The van der Waals surface area contributed by atoms with E-state index in [9.17, 15) is 10.2 Å². The van der Waals surface area contributed by atoms with Crippen molar-refractivity contribution in [3.63, 3.8) is 0 Å². The summed E-state index contributed by atoms with van der Waals surface area (Å²) in [4.78, 5) is 27.6. The molecular formula is C39H58CoN2O6. The maximum Gasteiger partial charge on any atom is 2.00 e. The summed E-state index contributed by atoms with van der Waals surface area (Å²) in [6, 6.07) is 8.87. The van der Waals surface area contributed by atoms with Crippen molar-refractivity contribution in [1.82, 2.24) is 0 Å². The van der Waals surface area contributed by atoms with Gasteiger partial charge in [0.05, 0.1) is 12.1 Å². The molecule has 8 nitrogen and oxygen atoms in total. The molecule has 0 bridgehead atoms. The smallest absolute Gasteiger partial charge is 0.550 e. The summed E-state index contributed by atoms with van der Waals surface area (Å²) >= 11 is 0. The van der Waals surface area contributed by atoms with Crippen LogP contribution in [0.25, 0.3) is 0 Å². The van der Waals surface area contributed by atoms with Crippen LogP contribution in [-0.4, -0.2) is 46.7 Å². The fourth-order valence-electron chi connectivity index (χ4n) is 5.57. The van der Waals surface area contributed by atoms with Crippen molar-refractivity contribution in [2.45, 2.75) is 139 Å². The quantitative estimate of drug-likeness (QED) is 0.300. The van der Waals surface area contributed by atoms with Crippen LogP contribution in [0.4, 0.5) is 0 Å². The van der Waals surface area contributed by atoms with Crippen molar-refractivity contribution in [2.24, 2.45) is 20.8 Å². The van der Waals surface area contributed by atoms with Gasteiger partial charge in [0.1, 0.15) is 11.5 Å². The van der Waals surface area contributed by atoms with E-state index in [0.717, 1.165) is 68.2 Å². The third-order valence-corrected chi connectivity index (χ3v) is 7.40. The van der Waals surface area contributed by atoms with E-state index in [-0.39, 0.29) is 51.5 Å². The summed E-state index contributed by atoms with van der Waals surface area (Å²) in [6.45, 7) is 23.9. The second-order valence-electron chi connectivity index (χ2n) is 15.7. The normalized spacial score (nSPS) is 16.4. The molecule has 0 saturated heterocycles. The number of rotatable bonds is 8. The van der Waals surface area contributed by atoms with Gasteiger partial charge >= 0.3 is 16.8 Å². The number of phenolic OH excluding ortho intramolecular Hbond substituents is 2. The van der Waals surface area contributed by atoms with Crippen molar-refractivity contribution in [3.8, 4) is 11.5 Å². The number of nitrogens with zero attached hydrogens (tertiary/aromatic N) is 2. The van der Waals surface area contributed by atoms with Crippen LogP contribution in [0.1, 0.15) is 148 Å². The first kappa shape index (κ1) is 44.8. The van der Waals surface area contributed by atoms with Crippen LogP contribution in [-0.2, 0) is 39.2 Å². The van der Waals surface area contributed by atoms with Crippen molar-refractivity contribution in [1.29, 1.82) is 0 Å². The van der Waals surface area contributed by atoms with Gasteiger partial charge < -0.3 is 30.0 Å². The summed E-state index contributed by atoms with van der Waals surface area (Å²) in [7, 11) is 0. The number of hydrogen-bond acceptors (Lipinski definition) is 8. The van der Waals surface area contributed by atoms with E-state index in [0.29, 0.717) is 11.5 Å². The molecule has 0 heterocycles. The van der Waals surface area contributed by atoms with Gasteiger partial charge in [0.2, 0.25) is 0 Å². The molecule has 0 spiro atoms. The zero-order valence-electron chi connectivity index (χ0n) is 31.1. The maximum absolute atomic E-state index is 11.0. The first-order valence-electron chi connectivity index (χ1n) is 16.6. The number of carbonyl (C=O) groups excluding carboxylic acids is 2. The molecule has 269 valence electrons. The van der Waals surface area contributed by atoms with Crippen molar-refractivity contribution >= 4 is 24.4 Å². The first-order valence-corrected chi connectivity index (χ1v) is 16.6. The molecular weight excluding hydrogens is 651 g/mol. The Morgan fingerprint density at radius 1 is 0.729 bits per heavy atom. The topological polar surface area (TPSA) is 145 Å². The van der Waals surface area contributed by atoms with E-state index >= 15 is 0 Å². The molecule has 1 aliphatic rings. The molecule has 1 saturated carbocycles. The average molecular weight is 710 g/mol. The Morgan fingerprint density at radius 3 is 1.27 bits per heavy atom. The Kier molecular flexibility index (Phi) is 18.4. The van der Waals surface area contributed by atoms with Gasteiger partial charge in [-0.15, -0.1) is 0 Å². The van der Waals surface area contributed by atoms with E-state index in [2.05, 4.69) is 93.5 Å². The summed E-state index contributed by atoms with van der Waals surface area (Å²) in [5.41, 5.74) is 6.44. The zero-order valence-corrected chi connectivity index (χ0v) is 32.1. The van der Waals surface area contributed by atoms with Crippen LogP contribution >= 0.6 is 0 Å². The number of aromatic hydroxyl groups is 2. The second-order valence-corrected chi connectivity index (χ2v) is 15.7. The minimum Gasteiger partial charge on any atom is -0.550 e. The molecule has 2 unspecified atom stereocenters. The fraction of sp³-hybridized carbons (Fsp3) is 0.590. The molecule has 9 heteroatoms. The van der Waals surface area contributed by atoms with Gasteiger partial charge in [-0.25, -0.2) is 0 Å². The molecule has 2 aromatic carbocycles. The molecule has 1 radical (unpaired) electrons. The standard InChI is InChI=1S/C35H52N2O2.2C2H4O2.Co/c1-22(2)30-15-24(18-34(5,6)7)13-26(32(30)38)20-36-28-11-12-29(17-28)37-21-27-14-25(19-35(8,9)10)16-31(23(3)4)33(27)39;2*1-2(3)4;/h13-16,20-23,28-29,38-39H,11-12,17-19H2,1-10H3;2*1H3,(H,3,4);/q;;;+2/p-2. The molecule has 1 aliphatic carbocycles. The summed E-state index contributed by atoms with van der Waals surface area (Å²) < 4.78 is 0.